The Balaban J connectivity index is 3.98. The number of amides is 1. The van der Waals surface area contributed by atoms with E-state index in [4.69, 9.17) is 4.74 Å². The molecule has 0 aromatic rings. The molecule has 0 fully saturated rings. The van der Waals surface area contributed by atoms with Gasteiger partial charge in [0.05, 0.1) is 0 Å². The highest BCUT2D eigenvalue weighted by Crippen LogP contribution is 2.15. The van der Waals surface area contributed by atoms with Crippen molar-refractivity contribution in [3.05, 3.63) is 0 Å². The lowest BCUT2D eigenvalue weighted by Crippen LogP contribution is -2.35. The van der Waals surface area contributed by atoms with Crippen molar-refractivity contribution in [2.45, 2.75) is 53.6 Å². The second-order valence-corrected chi connectivity index (χ2v) is 5.91. The first-order valence-corrected chi connectivity index (χ1v) is 6.07. The average molecular weight is 229 g/mol. The lowest BCUT2D eigenvalue weighted by atomic mass is 9.95. The number of nitrogens with zero attached hydrogens (tertiary/aromatic N) is 1. The molecular formula is C13H27NO2. The summed E-state index contributed by atoms with van der Waals surface area (Å²) in [7, 11) is 1.79. The Labute approximate surface area is 100 Å². The van der Waals surface area contributed by atoms with Gasteiger partial charge in [0.25, 0.3) is 0 Å². The number of rotatable bonds is 4. The van der Waals surface area contributed by atoms with Gasteiger partial charge in [0.2, 0.25) is 0 Å². The second-order valence-electron chi connectivity index (χ2n) is 5.91. The highest BCUT2D eigenvalue weighted by Gasteiger charge is 2.20. The van der Waals surface area contributed by atoms with Crippen LogP contribution in [0.1, 0.15) is 48.0 Å². The molecule has 0 N–H and O–H groups in total. The predicted octanol–water partition coefficient (Wildman–Crippen LogP) is 3.54. The zero-order valence-electron chi connectivity index (χ0n) is 11.8. The summed E-state index contributed by atoms with van der Waals surface area (Å²) in [5.74, 6) is 1.29. The van der Waals surface area contributed by atoms with Gasteiger partial charge in [0, 0.05) is 13.6 Å². The lowest BCUT2D eigenvalue weighted by molar-refractivity contribution is 0.0288. The molecule has 1 unspecified atom stereocenters. The fourth-order valence-electron chi connectivity index (χ4n) is 1.16. The summed E-state index contributed by atoms with van der Waals surface area (Å²) < 4.78 is 5.28. The first-order chi connectivity index (χ1) is 7.13. The summed E-state index contributed by atoms with van der Waals surface area (Å²) in [5.41, 5.74) is -0.408. The van der Waals surface area contributed by atoms with E-state index < -0.39 is 5.60 Å². The van der Waals surface area contributed by atoms with Gasteiger partial charge in [-0.05, 0) is 39.0 Å². The third-order valence-electron chi connectivity index (χ3n) is 2.76. The third-order valence-corrected chi connectivity index (χ3v) is 2.76. The van der Waals surface area contributed by atoms with Crippen LogP contribution < -0.4 is 0 Å². The molecule has 1 amide bonds. The topological polar surface area (TPSA) is 29.5 Å². The van der Waals surface area contributed by atoms with Crippen molar-refractivity contribution in [1.29, 1.82) is 0 Å². The van der Waals surface area contributed by atoms with Crippen molar-refractivity contribution in [3.8, 4) is 0 Å². The number of ether oxygens (including phenoxy) is 1. The molecule has 0 aliphatic heterocycles. The zero-order valence-corrected chi connectivity index (χ0v) is 11.8. The molecule has 0 bridgehead atoms. The molecule has 0 heterocycles. The van der Waals surface area contributed by atoms with Gasteiger partial charge < -0.3 is 9.64 Å². The van der Waals surface area contributed by atoms with Gasteiger partial charge in [0.1, 0.15) is 5.60 Å². The molecule has 0 saturated carbocycles. The molecule has 0 aliphatic carbocycles. The summed E-state index contributed by atoms with van der Waals surface area (Å²) in [6.07, 6.45) is 0.788. The van der Waals surface area contributed by atoms with Crippen LogP contribution in [-0.2, 0) is 4.74 Å². The van der Waals surface area contributed by atoms with Gasteiger partial charge in [-0.3, -0.25) is 0 Å². The van der Waals surface area contributed by atoms with Crippen molar-refractivity contribution in [3.63, 3.8) is 0 Å². The van der Waals surface area contributed by atoms with Crippen LogP contribution >= 0.6 is 0 Å². The first-order valence-electron chi connectivity index (χ1n) is 6.07. The Bertz CT molecular complexity index is 218. The van der Waals surface area contributed by atoms with Crippen LogP contribution in [-0.4, -0.2) is 30.2 Å². The summed E-state index contributed by atoms with van der Waals surface area (Å²) in [6, 6.07) is 0. The van der Waals surface area contributed by atoms with Gasteiger partial charge in [0.15, 0.2) is 0 Å². The Morgan fingerprint density at radius 2 is 1.75 bits per heavy atom. The monoisotopic (exact) mass is 229 g/mol. The highest BCUT2D eigenvalue weighted by molar-refractivity contribution is 5.67. The number of hydrogen-bond acceptors (Lipinski definition) is 2. The normalized spacial score (nSPS) is 13.8. The summed E-state index contributed by atoms with van der Waals surface area (Å²) in [6.45, 7) is 13.0. The van der Waals surface area contributed by atoms with E-state index in [0.717, 1.165) is 13.0 Å². The number of carbonyl (C=O) groups excluding carboxylic acids is 1. The van der Waals surface area contributed by atoms with Gasteiger partial charge in [-0.1, -0.05) is 20.8 Å². The van der Waals surface area contributed by atoms with Gasteiger partial charge in [-0.2, -0.15) is 0 Å². The van der Waals surface area contributed by atoms with E-state index in [2.05, 4.69) is 20.8 Å². The third kappa shape index (κ3) is 6.70. The van der Waals surface area contributed by atoms with Crippen molar-refractivity contribution >= 4 is 6.09 Å². The summed E-state index contributed by atoms with van der Waals surface area (Å²) in [4.78, 5) is 13.3. The molecular weight excluding hydrogens is 202 g/mol. The van der Waals surface area contributed by atoms with Crippen LogP contribution in [0.5, 0.6) is 0 Å². The fourth-order valence-corrected chi connectivity index (χ4v) is 1.16. The average Bonchev–Trinajstić information content (AvgIpc) is 2.10. The highest BCUT2D eigenvalue weighted by atomic mass is 16.6. The quantitative estimate of drug-likeness (QED) is 0.738. The lowest BCUT2D eigenvalue weighted by Gasteiger charge is -2.26. The van der Waals surface area contributed by atoms with E-state index in [0.29, 0.717) is 11.8 Å². The minimum absolute atomic E-state index is 0.233. The maximum atomic E-state index is 11.6. The molecule has 1 atom stereocenters. The second kappa shape index (κ2) is 6.12. The van der Waals surface area contributed by atoms with E-state index in [1.54, 1.807) is 11.9 Å². The molecule has 96 valence electrons. The Kier molecular flexibility index (Phi) is 5.84. The molecule has 0 saturated heterocycles. The maximum absolute atomic E-state index is 11.6. The van der Waals surface area contributed by atoms with E-state index in [-0.39, 0.29) is 6.09 Å². The summed E-state index contributed by atoms with van der Waals surface area (Å²) in [5, 5.41) is 0. The van der Waals surface area contributed by atoms with Crippen molar-refractivity contribution in [2.24, 2.45) is 11.8 Å². The van der Waals surface area contributed by atoms with Crippen molar-refractivity contribution in [1.82, 2.24) is 4.90 Å². The maximum Gasteiger partial charge on any atom is 0.410 e. The van der Waals surface area contributed by atoms with E-state index >= 15 is 0 Å². The van der Waals surface area contributed by atoms with Gasteiger partial charge >= 0.3 is 6.09 Å². The smallest absolute Gasteiger partial charge is 0.410 e. The zero-order chi connectivity index (χ0) is 12.9. The van der Waals surface area contributed by atoms with Crippen LogP contribution in [0.25, 0.3) is 0 Å². The molecule has 0 radical (unpaired) electrons. The van der Waals surface area contributed by atoms with E-state index in [1.165, 1.54) is 0 Å². The van der Waals surface area contributed by atoms with Crippen LogP contribution in [0, 0.1) is 11.8 Å². The van der Waals surface area contributed by atoms with Crippen LogP contribution in [0.4, 0.5) is 4.79 Å². The minimum atomic E-state index is -0.408. The Morgan fingerprint density at radius 1 is 1.25 bits per heavy atom. The molecule has 0 aliphatic rings. The SMILES string of the molecule is CC(C)C(C)CCN(C)C(=O)OC(C)(C)C. The van der Waals surface area contributed by atoms with Crippen LogP contribution in [0.3, 0.4) is 0 Å². The van der Waals surface area contributed by atoms with Crippen molar-refractivity contribution < 1.29 is 9.53 Å². The standard InChI is InChI=1S/C13H27NO2/c1-10(2)11(3)8-9-14(7)12(15)16-13(4,5)6/h10-11H,8-9H2,1-7H3. The van der Waals surface area contributed by atoms with Gasteiger partial charge in [-0.25, -0.2) is 4.79 Å². The van der Waals surface area contributed by atoms with E-state index in [9.17, 15) is 4.79 Å². The van der Waals surface area contributed by atoms with E-state index in [1.807, 2.05) is 20.8 Å². The Hall–Kier alpha value is -0.730. The van der Waals surface area contributed by atoms with Crippen molar-refractivity contribution in [2.75, 3.05) is 13.6 Å². The van der Waals surface area contributed by atoms with Crippen LogP contribution in [0.15, 0.2) is 0 Å². The minimum Gasteiger partial charge on any atom is -0.444 e. The van der Waals surface area contributed by atoms with Gasteiger partial charge in [-0.15, -0.1) is 0 Å². The molecule has 0 rings (SSSR count). The molecule has 0 aromatic heterocycles. The number of hydrogen-bond donors (Lipinski definition) is 0. The molecule has 3 nitrogen and oxygen atoms in total. The Morgan fingerprint density at radius 3 is 2.12 bits per heavy atom. The fraction of sp³-hybridized carbons (Fsp3) is 0.923. The summed E-state index contributed by atoms with van der Waals surface area (Å²) >= 11 is 0. The van der Waals surface area contributed by atoms with Crippen LogP contribution in [0.2, 0.25) is 0 Å². The largest absolute Gasteiger partial charge is 0.444 e. The first kappa shape index (κ1) is 15.3. The number of carbonyl (C=O) groups is 1. The predicted molar refractivity (Wildman–Crippen MR) is 67.5 cm³/mol. The molecule has 0 aromatic carbocycles. The molecule has 0 spiro atoms. The molecule has 3 heteroatoms. The molecule has 16 heavy (non-hydrogen) atoms.